The van der Waals surface area contributed by atoms with Crippen LogP contribution in [0.4, 0.5) is 20.6 Å². The number of amides is 2. The Hall–Kier alpha value is -3.02. The van der Waals surface area contributed by atoms with Crippen molar-refractivity contribution in [3.8, 4) is 0 Å². The van der Waals surface area contributed by atoms with Crippen molar-refractivity contribution >= 4 is 29.0 Å². The summed E-state index contributed by atoms with van der Waals surface area (Å²) < 4.78 is 13.3. The zero-order valence-electron chi connectivity index (χ0n) is 14.1. The lowest BCUT2D eigenvalue weighted by atomic mass is 9.93. The van der Waals surface area contributed by atoms with E-state index in [1.165, 1.54) is 12.1 Å². The molecule has 2 aromatic rings. The van der Waals surface area contributed by atoms with Gasteiger partial charge in [-0.15, -0.1) is 0 Å². The molecule has 0 spiro atoms. The molecular weight excluding hydrogens is 319 g/mol. The predicted molar refractivity (Wildman–Crippen MR) is 97.7 cm³/mol. The van der Waals surface area contributed by atoms with Crippen molar-refractivity contribution < 1.29 is 9.18 Å². The molecule has 128 valence electrons. The van der Waals surface area contributed by atoms with Gasteiger partial charge in [-0.25, -0.2) is 14.2 Å². The lowest BCUT2D eigenvalue weighted by Gasteiger charge is -2.19. The molecule has 0 fully saturated rings. The Morgan fingerprint density at radius 2 is 1.72 bits per heavy atom. The summed E-state index contributed by atoms with van der Waals surface area (Å²) in [6.07, 6.45) is 0. The van der Waals surface area contributed by atoms with E-state index < -0.39 is 0 Å². The molecule has 2 aromatic carbocycles. The van der Waals surface area contributed by atoms with E-state index >= 15 is 0 Å². The summed E-state index contributed by atoms with van der Waals surface area (Å²) in [6, 6.07) is 13.3. The van der Waals surface area contributed by atoms with Crippen molar-refractivity contribution in [1.82, 2.24) is 10.6 Å². The second kappa shape index (κ2) is 7.25. The monoisotopic (exact) mass is 338 g/mol. The molecule has 1 aliphatic rings. The van der Waals surface area contributed by atoms with Gasteiger partial charge in [0, 0.05) is 12.3 Å². The number of nitrogens with one attached hydrogen (secondary N) is 2. The number of benzene rings is 2. The van der Waals surface area contributed by atoms with Crippen LogP contribution in [-0.4, -0.2) is 24.1 Å². The van der Waals surface area contributed by atoms with E-state index in [0.29, 0.717) is 18.1 Å². The second-order valence-electron chi connectivity index (χ2n) is 5.71. The summed E-state index contributed by atoms with van der Waals surface area (Å²) in [5.74, 6) is -0.218. The standard InChI is InChI=1S/C19H19FN4O/c1-3-21-19(25)24-18-17(13-8-10-14(20)11-9-13)12(2)22-15-6-4-5-7-16(15)23-18/h4-11,17H,3H2,1-2H3,(H2,21,23,24,25). The molecule has 1 unspecified atom stereocenters. The summed E-state index contributed by atoms with van der Waals surface area (Å²) in [4.78, 5) is 21.4. The van der Waals surface area contributed by atoms with E-state index in [-0.39, 0.29) is 17.8 Å². The summed E-state index contributed by atoms with van der Waals surface area (Å²) in [7, 11) is 0. The van der Waals surface area contributed by atoms with Crippen LogP contribution in [0.25, 0.3) is 0 Å². The molecule has 0 aromatic heterocycles. The van der Waals surface area contributed by atoms with Crippen molar-refractivity contribution in [3.05, 3.63) is 59.9 Å². The minimum absolute atomic E-state index is 0.314. The fourth-order valence-corrected chi connectivity index (χ4v) is 2.78. The van der Waals surface area contributed by atoms with Gasteiger partial charge in [0.2, 0.25) is 0 Å². The maximum Gasteiger partial charge on any atom is 0.320 e. The van der Waals surface area contributed by atoms with E-state index in [1.54, 1.807) is 12.1 Å². The Labute approximate surface area is 145 Å². The van der Waals surface area contributed by atoms with Crippen LogP contribution in [0, 0.1) is 5.82 Å². The van der Waals surface area contributed by atoms with E-state index in [1.807, 2.05) is 38.1 Å². The van der Waals surface area contributed by atoms with Gasteiger partial charge in [0.25, 0.3) is 0 Å². The number of urea groups is 1. The van der Waals surface area contributed by atoms with E-state index in [9.17, 15) is 9.18 Å². The first kappa shape index (κ1) is 16.8. The first-order valence-corrected chi connectivity index (χ1v) is 8.11. The number of amidine groups is 1. The van der Waals surface area contributed by atoms with E-state index in [4.69, 9.17) is 0 Å². The van der Waals surface area contributed by atoms with Crippen LogP contribution in [0.1, 0.15) is 25.3 Å². The van der Waals surface area contributed by atoms with Crippen LogP contribution in [-0.2, 0) is 0 Å². The highest BCUT2D eigenvalue weighted by Crippen LogP contribution is 2.34. The molecule has 1 aliphatic heterocycles. The van der Waals surface area contributed by atoms with Crippen LogP contribution in [0.2, 0.25) is 0 Å². The average Bonchev–Trinajstić information content (AvgIpc) is 2.71. The fraction of sp³-hybridized carbons (Fsp3) is 0.211. The van der Waals surface area contributed by atoms with Crippen LogP contribution >= 0.6 is 0 Å². The minimum atomic E-state index is -0.365. The Morgan fingerprint density at radius 3 is 2.36 bits per heavy atom. The first-order valence-electron chi connectivity index (χ1n) is 8.11. The van der Waals surface area contributed by atoms with Gasteiger partial charge in [-0.3, -0.25) is 10.3 Å². The number of nitrogens with zero attached hydrogens (tertiary/aromatic N) is 2. The summed E-state index contributed by atoms with van der Waals surface area (Å²) in [5.41, 5.74) is 3.00. The second-order valence-corrected chi connectivity index (χ2v) is 5.71. The van der Waals surface area contributed by atoms with Gasteiger partial charge in [0.15, 0.2) is 0 Å². The largest absolute Gasteiger partial charge is 0.338 e. The number of hydrogen-bond donors (Lipinski definition) is 2. The van der Waals surface area contributed by atoms with Gasteiger partial charge < -0.3 is 5.32 Å². The number of hydrogen-bond acceptors (Lipinski definition) is 3. The molecule has 1 heterocycles. The number of carbonyl (C=O) groups is 1. The lowest BCUT2D eigenvalue weighted by Crippen LogP contribution is -2.43. The molecule has 1 atom stereocenters. The number of fused-ring (bicyclic) bond motifs is 1. The van der Waals surface area contributed by atoms with Crippen LogP contribution < -0.4 is 10.6 Å². The van der Waals surface area contributed by atoms with E-state index in [2.05, 4.69) is 20.6 Å². The highest BCUT2D eigenvalue weighted by molar-refractivity contribution is 6.17. The van der Waals surface area contributed by atoms with Gasteiger partial charge in [-0.05, 0) is 43.7 Å². The Morgan fingerprint density at radius 1 is 1.08 bits per heavy atom. The highest BCUT2D eigenvalue weighted by atomic mass is 19.1. The Bertz CT molecular complexity index is 843. The molecule has 0 radical (unpaired) electrons. The molecule has 0 saturated heterocycles. The SMILES string of the molecule is CCNC(=O)NC1=Nc2ccccc2N=C(C)C1c1ccc(F)cc1. The number of para-hydroxylation sites is 2. The van der Waals surface area contributed by atoms with Crippen LogP contribution in [0.3, 0.4) is 0 Å². The van der Waals surface area contributed by atoms with Crippen molar-refractivity contribution in [2.24, 2.45) is 9.98 Å². The Balaban J connectivity index is 2.09. The molecule has 5 nitrogen and oxygen atoms in total. The molecule has 3 rings (SSSR count). The first-order chi connectivity index (χ1) is 12.1. The summed E-state index contributed by atoms with van der Waals surface area (Å²) >= 11 is 0. The van der Waals surface area contributed by atoms with Crippen LogP contribution in [0.5, 0.6) is 0 Å². The fourth-order valence-electron chi connectivity index (χ4n) is 2.78. The number of halogens is 1. The van der Waals surface area contributed by atoms with Crippen LogP contribution in [0.15, 0.2) is 58.5 Å². The number of rotatable bonds is 2. The van der Waals surface area contributed by atoms with Crippen molar-refractivity contribution in [2.75, 3.05) is 6.54 Å². The summed E-state index contributed by atoms with van der Waals surface area (Å²) in [6.45, 7) is 4.23. The predicted octanol–water partition coefficient (Wildman–Crippen LogP) is 4.06. The van der Waals surface area contributed by atoms with Gasteiger partial charge in [0.05, 0.1) is 17.3 Å². The molecule has 6 heteroatoms. The van der Waals surface area contributed by atoms with Crippen molar-refractivity contribution in [2.45, 2.75) is 19.8 Å². The zero-order valence-corrected chi connectivity index (χ0v) is 14.1. The number of aliphatic imine (C=N–C) groups is 2. The molecule has 0 aliphatic carbocycles. The highest BCUT2D eigenvalue weighted by Gasteiger charge is 2.26. The third-order valence-electron chi connectivity index (χ3n) is 3.89. The van der Waals surface area contributed by atoms with Gasteiger partial charge >= 0.3 is 6.03 Å². The van der Waals surface area contributed by atoms with Gasteiger partial charge in [0.1, 0.15) is 11.7 Å². The van der Waals surface area contributed by atoms with Gasteiger partial charge in [-0.2, -0.15) is 0 Å². The average molecular weight is 338 g/mol. The molecule has 25 heavy (non-hydrogen) atoms. The molecular formula is C19H19FN4O. The maximum atomic E-state index is 13.3. The molecule has 2 amide bonds. The van der Waals surface area contributed by atoms with Crippen molar-refractivity contribution in [3.63, 3.8) is 0 Å². The summed E-state index contributed by atoms with van der Waals surface area (Å²) in [5, 5.41) is 5.52. The minimum Gasteiger partial charge on any atom is -0.338 e. The molecule has 2 N–H and O–H groups in total. The topological polar surface area (TPSA) is 65.8 Å². The lowest BCUT2D eigenvalue weighted by molar-refractivity contribution is 0.245. The molecule has 0 saturated carbocycles. The quantitative estimate of drug-likeness (QED) is 0.852. The molecule has 0 bridgehead atoms. The Kier molecular flexibility index (Phi) is 4.88. The third kappa shape index (κ3) is 3.74. The van der Waals surface area contributed by atoms with Crippen molar-refractivity contribution in [1.29, 1.82) is 0 Å². The van der Waals surface area contributed by atoms with E-state index in [0.717, 1.165) is 17.0 Å². The maximum absolute atomic E-state index is 13.3. The number of carbonyl (C=O) groups excluding carboxylic acids is 1. The zero-order chi connectivity index (χ0) is 17.8. The normalized spacial score (nSPS) is 16.2. The third-order valence-corrected chi connectivity index (χ3v) is 3.89. The smallest absolute Gasteiger partial charge is 0.320 e. The van der Waals surface area contributed by atoms with Gasteiger partial charge in [-0.1, -0.05) is 24.3 Å².